The summed E-state index contributed by atoms with van der Waals surface area (Å²) in [5, 5.41) is 11.7. The van der Waals surface area contributed by atoms with Crippen molar-refractivity contribution in [2.45, 2.75) is 37.3 Å². The van der Waals surface area contributed by atoms with Gasteiger partial charge in [0, 0.05) is 13.1 Å². The highest BCUT2D eigenvalue weighted by Crippen LogP contribution is 2.37. The number of methoxy groups -OCH3 is 1. The van der Waals surface area contributed by atoms with Gasteiger partial charge >= 0.3 is 0 Å². The SMILES string of the molecule is COc1cccc(CC(=O)N2CC[C@](O)(c3ccccc3)[C@H](N3CCCC3)C2)c1. The van der Waals surface area contributed by atoms with Crippen LogP contribution in [0.5, 0.6) is 5.75 Å². The normalized spacial score (nSPS) is 25.2. The predicted molar refractivity (Wildman–Crippen MR) is 113 cm³/mol. The first-order valence-electron chi connectivity index (χ1n) is 10.5. The number of carbonyl (C=O) groups excluding carboxylic acids is 1. The molecule has 0 saturated carbocycles. The molecule has 29 heavy (non-hydrogen) atoms. The number of amides is 1. The van der Waals surface area contributed by atoms with E-state index in [0.717, 1.165) is 42.8 Å². The Morgan fingerprint density at radius 3 is 2.59 bits per heavy atom. The Balaban J connectivity index is 1.53. The zero-order valence-corrected chi connectivity index (χ0v) is 17.1. The minimum absolute atomic E-state index is 0.0737. The monoisotopic (exact) mass is 394 g/mol. The van der Waals surface area contributed by atoms with Crippen molar-refractivity contribution in [3.63, 3.8) is 0 Å². The van der Waals surface area contributed by atoms with Gasteiger partial charge in [0.2, 0.25) is 5.91 Å². The summed E-state index contributed by atoms with van der Waals surface area (Å²) in [4.78, 5) is 17.4. The molecule has 2 fully saturated rings. The standard InChI is InChI=1S/C24H30N2O3/c1-29-21-11-7-8-19(16-21)17-23(27)26-15-12-24(28,20-9-3-2-4-10-20)22(18-26)25-13-5-6-14-25/h2-4,7-11,16,22,28H,5-6,12-15,17-18H2,1H3/t22-,24+/m1/s1. The Morgan fingerprint density at radius 2 is 1.86 bits per heavy atom. The molecule has 154 valence electrons. The molecule has 1 amide bonds. The molecule has 2 atom stereocenters. The van der Waals surface area contributed by atoms with Crippen LogP contribution in [-0.4, -0.2) is 60.1 Å². The molecule has 5 heteroatoms. The summed E-state index contributed by atoms with van der Waals surface area (Å²) in [5.74, 6) is 0.875. The van der Waals surface area contributed by atoms with Crippen LogP contribution in [0.4, 0.5) is 0 Å². The molecule has 0 aromatic heterocycles. The van der Waals surface area contributed by atoms with Crippen molar-refractivity contribution < 1.29 is 14.6 Å². The number of likely N-dealkylation sites (tertiary alicyclic amines) is 2. The van der Waals surface area contributed by atoms with Gasteiger partial charge in [0.1, 0.15) is 11.4 Å². The van der Waals surface area contributed by atoms with Crippen LogP contribution in [0, 0.1) is 0 Å². The largest absolute Gasteiger partial charge is 0.497 e. The van der Waals surface area contributed by atoms with E-state index in [1.54, 1.807) is 7.11 Å². The van der Waals surface area contributed by atoms with Gasteiger partial charge < -0.3 is 14.7 Å². The molecule has 0 aliphatic carbocycles. The summed E-state index contributed by atoms with van der Waals surface area (Å²) in [6.45, 7) is 3.10. The van der Waals surface area contributed by atoms with Crippen molar-refractivity contribution in [1.82, 2.24) is 9.80 Å². The lowest BCUT2D eigenvalue weighted by Crippen LogP contribution is -2.61. The molecule has 0 bridgehead atoms. The maximum absolute atomic E-state index is 13.1. The Bertz CT molecular complexity index is 835. The summed E-state index contributed by atoms with van der Waals surface area (Å²) in [6, 6.07) is 17.6. The van der Waals surface area contributed by atoms with E-state index in [0.29, 0.717) is 25.9 Å². The fourth-order valence-corrected chi connectivity index (χ4v) is 4.75. The minimum atomic E-state index is -0.918. The second-order valence-electron chi connectivity index (χ2n) is 8.17. The quantitative estimate of drug-likeness (QED) is 0.847. The number of nitrogens with zero attached hydrogens (tertiary/aromatic N) is 2. The van der Waals surface area contributed by atoms with E-state index >= 15 is 0 Å². The van der Waals surface area contributed by atoms with Crippen LogP contribution in [0.15, 0.2) is 54.6 Å². The summed E-state index contributed by atoms with van der Waals surface area (Å²) < 4.78 is 5.28. The van der Waals surface area contributed by atoms with E-state index < -0.39 is 5.60 Å². The Hall–Kier alpha value is -2.37. The molecule has 2 aromatic rings. The van der Waals surface area contributed by atoms with Gasteiger partial charge in [-0.2, -0.15) is 0 Å². The van der Waals surface area contributed by atoms with E-state index in [4.69, 9.17) is 4.74 Å². The summed E-state index contributed by atoms with van der Waals surface area (Å²) in [5.41, 5.74) is 0.992. The molecule has 2 heterocycles. The zero-order valence-electron chi connectivity index (χ0n) is 17.1. The first-order valence-corrected chi connectivity index (χ1v) is 10.5. The number of rotatable bonds is 5. The second-order valence-corrected chi connectivity index (χ2v) is 8.17. The Kier molecular flexibility index (Phi) is 5.88. The zero-order chi connectivity index (χ0) is 20.3. The van der Waals surface area contributed by atoms with E-state index in [2.05, 4.69) is 4.90 Å². The third-order valence-electron chi connectivity index (χ3n) is 6.40. The highest BCUT2D eigenvalue weighted by atomic mass is 16.5. The van der Waals surface area contributed by atoms with Gasteiger partial charge in [-0.05, 0) is 55.6 Å². The Labute approximate surface area is 172 Å². The van der Waals surface area contributed by atoms with E-state index in [1.165, 1.54) is 0 Å². The van der Waals surface area contributed by atoms with E-state index in [1.807, 2.05) is 59.5 Å². The van der Waals surface area contributed by atoms with Crippen molar-refractivity contribution >= 4 is 5.91 Å². The van der Waals surface area contributed by atoms with Gasteiger partial charge in [-0.25, -0.2) is 0 Å². The first-order chi connectivity index (χ1) is 14.1. The number of hydrogen-bond donors (Lipinski definition) is 1. The van der Waals surface area contributed by atoms with Crippen LogP contribution in [0.25, 0.3) is 0 Å². The molecule has 5 nitrogen and oxygen atoms in total. The number of piperidine rings is 1. The minimum Gasteiger partial charge on any atom is -0.497 e. The van der Waals surface area contributed by atoms with Gasteiger partial charge in [-0.3, -0.25) is 9.69 Å². The third-order valence-corrected chi connectivity index (χ3v) is 6.40. The topological polar surface area (TPSA) is 53.0 Å². The molecule has 4 rings (SSSR count). The molecule has 0 radical (unpaired) electrons. The van der Waals surface area contributed by atoms with Crippen molar-refractivity contribution in [2.24, 2.45) is 0 Å². The smallest absolute Gasteiger partial charge is 0.227 e. The lowest BCUT2D eigenvalue weighted by atomic mass is 9.79. The molecule has 2 aliphatic rings. The van der Waals surface area contributed by atoms with Crippen molar-refractivity contribution in [2.75, 3.05) is 33.3 Å². The van der Waals surface area contributed by atoms with Gasteiger partial charge in [-0.15, -0.1) is 0 Å². The molecule has 2 saturated heterocycles. The predicted octanol–water partition coefficient (Wildman–Crippen LogP) is 2.82. The number of benzene rings is 2. The average Bonchev–Trinajstić information content (AvgIpc) is 3.29. The van der Waals surface area contributed by atoms with Gasteiger partial charge in [0.05, 0.1) is 19.6 Å². The van der Waals surface area contributed by atoms with Gasteiger partial charge in [0.25, 0.3) is 0 Å². The maximum atomic E-state index is 13.1. The van der Waals surface area contributed by atoms with Crippen LogP contribution < -0.4 is 4.74 Å². The van der Waals surface area contributed by atoms with Crippen LogP contribution in [0.3, 0.4) is 0 Å². The highest BCUT2D eigenvalue weighted by Gasteiger charge is 2.47. The van der Waals surface area contributed by atoms with Crippen LogP contribution in [-0.2, 0) is 16.8 Å². The van der Waals surface area contributed by atoms with Crippen molar-refractivity contribution in [3.8, 4) is 5.75 Å². The number of hydrogen-bond acceptors (Lipinski definition) is 4. The summed E-state index contributed by atoms with van der Waals surface area (Å²) >= 11 is 0. The molecule has 1 N–H and O–H groups in total. The summed E-state index contributed by atoms with van der Waals surface area (Å²) in [7, 11) is 1.64. The summed E-state index contributed by atoms with van der Waals surface area (Å²) in [6.07, 6.45) is 3.22. The number of aliphatic hydroxyl groups is 1. The van der Waals surface area contributed by atoms with Crippen LogP contribution >= 0.6 is 0 Å². The molecular formula is C24H30N2O3. The highest BCUT2D eigenvalue weighted by molar-refractivity contribution is 5.79. The number of carbonyl (C=O) groups is 1. The van der Waals surface area contributed by atoms with Gasteiger partial charge in [-0.1, -0.05) is 42.5 Å². The molecule has 0 spiro atoms. The average molecular weight is 395 g/mol. The lowest BCUT2D eigenvalue weighted by Gasteiger charge is -2.48. The molecular weight excluding hydrogens is 364 g/mol. The van der Waals surface area contributed by atoms with Crippen LogP contribution in [0.2, 0.25) is 0 Å². The van der Waals surface area contributed by atoms with E-state index in [-0.39, 0.29) is 11.9 Å². The first kappa shape index (κ1) is 19.9. The van der Waals surface area contributed by atoms with Crippen molar-refractivity contribution in [3.05, 3.63) is 65.7 Å². The maximum Gasteiger partial charge on any atom is 0.227 e. The fourth-order valence-electron chi connectivity index (χ4n) is 4.75. The number of ether oxygens (including phenoxy) is 1. The van der Waals surface area contributed by atoms with Gasteiger partial charge in [0.15, 0.2) is 0 Å². The Morgan fingerprint density at radius 1 is 1.10 bits per heavy atom. The fraction of sp³-hybridized carbons (Fsp3) is 0.458. The van der Waals surface area contributed by atoms with Crippen molar-refractivity contribution in [1.29, 1.82) is 0 Å². The molecule has 0 unspecified atom stereocenters. The molecule has 2 aromatic carbocycles. The van der Waals surface area contributed by atoms with Crippen LogP contribution in [0.1, 0.15) is 30.4 Å². The molecule has 2 aliphatic heterocycles. The second kappa shape index (κ2) is 8.56. The van der Waals surface area contributed by atoms with E-state index in [9.17, 15) is 9.90 Å². The third kappa shape index (κ3) is 4.16. The lowest BCUT2D eigenvalue weighted by molar-refractivity contribution is -0.142.